The number of aliphatic imine (C=N–C) groups is 2. The highest BCUT2D eigenvalue weighted by molar-refractivity contribution is 8.16. The van der Waals surface area contributed by atoms with Crippen LogP contribution in [0.25, 0.3) is 0 Å². The van der Waals surface area contributed by atoms with Crippen LogP contribution in [0.1, 0.15) is 6.42 Å². The monoisotopic (exact) mass is 244 g/mol. The Morgan fingerprint density at radius 1 is 1.00 bits per heavy atom. The van der Waals surface area contributed by atoms with Gasteiger partial charge in [0.25, 0.3) is 0 Å². The van der Waals surface area contributed by atoms with Gasteiger partial charge in [-0.25, -0.2) is 0 Å². The number of thioether (sulfide) groups is 2. The highest BCUT2D eigenvalue weighted by atomic mass is 32.2. The maximum absolute atomic E-state index is 5.54. The summed E-state index contributed by atoms with van der Waals surface area (Å²) in [5.41, 5.74) is 11.1. The average molecular weight is 244 g/mol. The Balaban J connectivity index is 3.62. The lowest BCUT2D eigenvalue weighted by atomic mass is 10.4. The zero-order valence-electron chi connectivity index (χ0n) is 8.56. The summed E-state index contributed by atoms with van der Waals surface area (Å²) >= 11 is 2.63. The van der Waals surface area contributed by atoms with Gasteiger partial charge in [0, 0.05) is 13.1 Å². The zero-order valence-corrected chi connectivity index (χ0v) is 10.2. The van der Waals surface area contributed by atoms with Crippen LogP contribution in [0.2, 0.25) is 0 Å². The molecule has 6 heteroatoms. The van der Waals surface area contributed by atoms with Crippen LogP contribution in [0, 0.1) is 0 Å². The molecule has 0 bridgehead atoms. The average Bonchev–Trinajstić information content (AvgIpc) is 2.18. The Morgan fingerprint density at radius 3 is 1.73 bits per heavy atom. The van der Waals surface area contributed by atoms with Gasteiger partial charge in [0.1, 0.15) is 0 Å². The third-order valence-electron chi connectivity index (χ3n) is 1.26. The molecule has 0 radical (unpaired) electrons. The van der Waals surface area contributed by atoms with Gasteiger partial charge in [-0.2, -0.15) is 0 Å². The molecule has 0 aromatic carbocycles. The summed E-state index contributed by atoms with van der Waals surface area (Å²) in [7, 11) is 0. The first-order valence-electron chi connectivity index (χ1n) is 4.35. The van der Waals surface area contributed by atoms with Gasteiger partial charge in [-0.05, 0) is 17.2 Å². The molecule has 0 saturated heterocycles. The van der Waals surface area contributed by atoms with Crippen LogP contribution >= 0.6 is 23.5 Å². The molecular formula is C9H16N4S2. The van der Waals surface area contributed by atoms with Crippen molar-refractivity contribution in [3.05, 3.63) is 24.0 Å². The first-order valence-corrected chi connectivity index (χ1v) is 6.11. The molecule has 4 N–H and O–H groups in total. The Labute approximate surface area is 99.0 Å². The number of nitrogens with two attached hydrogens (primary N) is 2. The van der Waals surface area contributed by atoms with Crippen LogP contribution in [0.15, 0.2) is 34.0 Å². The Kier molecular flexibility index (Phi) is 9.10. The number of rotatable bonds is 6. The molecule has 0 amide bonds. The van der Waals surface area contributed by atoms with Gasteiger partial charge in [-0.15, -0.1) is 0 Å². The zero-order chi connectivity index (χ0) is 11.5. The molecule has 0 aliphatic carbocycles. The van der Waals surface area contributed by atoms with Gasteiger partial charge in [-0.1, -0.05) is 36.7 Å². The van der Waals surface area contributed by atoms with Crippen LogP contribution in [-0.2, 0) is 0 Å². The highest BCUT2D eigenvalue weighted by Crippen LogP contribution is 2.01. The topological polar surface area (TPSA) is 76.8 Å². The quantitative estimate of drug-likeness (QED) is 0.424. The fourth-order valence-electron chi connectivity index (χ4n) is 0.695. The molecule has 0 rings (SSSR count). The van der Waals surface area contributed by atoms with Gasteiger partial charge in [0.05, 0.1) is 0 Å². The fourth-order valence-corrected chi connectivity index (χ4v) is 1.37. The van der Waals surface area contributed by atoms with E-state index in [1.807, 2.05) is 0 Å². The largest absolute Gasteiger partial charge is 0.378 e. The van der Waals surface area contributed by atoms with E-state index < -0.39 is 0 Å². The predicted molar refractivity (Wildman–Crippen MR) is 73.2 cm³/mol. The molecule has 0 aliphatic rings. The van der Waals surface area contributed by atoms with E-state index in [0.29, 0.717) is 23.4 Å². The van der Waals surface area contributed by atoms with E-state index in [4.69, 9.17) is 11.5 Å². The normalized spacial score (nSPS) is 12.5. The molecule has 84 valence electrons. The number of hydrogen-bond acceptors (Lipinski definition) is 4. The van der Waals surface area contributed by atoms with E-state index >= 15 is 0 Å². The van der Waals surface area contributed by atoms with Crippen LogP contribution in [0.5, 0.6) is 0 Å². The molecule has 4 nitrogen and oxygen atoms in total. The molecule has 0 atom stereocenters. The fraction of sp³-hybridized carbons (Fsp3) is 0.333. The summed E-state index contributed by atoms with van der Waals surface area (Å²) in [4.78, 5) is 8.21. The third-order valence-corrected chi connectivity index (χ3v) is 2.33. The second-order valence-electron chi connectivity index (χ2n) is 2.36. The van der Waals surface area contributed by atoms with Crippen molar-refractivity contribution in [2.24, 2.45) is 21.5 Å². The molecule has 0 aliphatic heterocycles. The van der Waals surface area contributed by atoms with Gasteiger partial charge in [0.15, 0.2) is 10.3 Å². The lowest BCUT2D eigenvalue weighted by Crippen LogP contribution is -2.08. The van der Waals surface area contributed by atoms with E-state index in [1.165, 1.54) is 23.5 Å². The van der Waals surface area contributed by atoms with Crippen molar-refractivity contribution in [1.82, 2.24) is 0 Å². The summed E-state index contributed by atoms with van der Waals surface area (Å²) in [5.74, 6) is 0. The second-order valence-corrected chi connectivity index (χ2v) is 4.34. The number of nitrogens with zero attached hydrogens (tertiary/aromatic N) is 2. The minimum Gasteiger partial charge on any atom is -0.378 e. The van der Waals surface area contributed by atoms with Crippen molar-refractivity contribution in [2.45, 2.75) is 6.42 Å². The molecule has 0 heterocycles. The molecule has 15 heavy (non-hydrogen) atoms. The SMILES string of the molecule is C=CSC(N)=NCCCN=C(N)SC=C. The first-order chi connectivity index (χ1) is 7.20. The Morgan fingerprint density at radius 2 is 1.40 bits per heavy atom. The van der Waals surface area contributed by atoms with E-state index in [9.17, 15) is 0 Å². The molecule has 0 spiro atoms. The Hall–Kier alpha value is -0.880. The van der Waals surface area contributed by atoms with E-state index in [1.54, 1.807) is 10.8 Å². The van der Waals surface area contributed by atoms with E-state index in [0.717, 1.165) is 6.42 Å². The van der Waals surface area contributed by atoms with Crippen LogP contribution in [0.4, 0.5) is 0 Å². The Bertz CT molecular complexity index is 235. The summed E-state index contributed by atoms with van der Waals surface area (Å²) in [6.07, 6.45) is 0.830. The lowest BCUT2D eigenvalue weighted by molar-refractivity contribution is 0.847. The number of hydrogen-bond donors (Lipinski definition) is 2. The van der Waals surface area contributed by atoms with Gasteiger partial charge >= 0.3 is 0 Å². The molecule has 0 fully saturated rings. The summed E-state index contributed by atoms with van der Waals surface area (Å²) in [5, 5.41) is 4.36. The summed E-state index contributed by atoms with van der Waals surface area (Å²) in [6.45, 7) is 8.39. The van der Waals surface area contributed by atoms with Crippen LogP contribution in [-0.4, -0.2) is 23.4 Å². The van der Waals surface area contributed by atoms with E-state index in [-0.39, 0.29) is 0 Å². The third kappa shape index (κ3) is 9.42. The van der Waals surface area contributed by atoms with Crippen molar-refractivity contribution < 1.29 is 0 Å². The maximum atomic E-state index is 5.54. The first kappa shape index (κ1) is 14.1. The summed E-state index contributed by atoms with van der Waals surface area (Å²) in [6, 6.07) is 0. The van der Waals surface area contributed by atoms with Crippen LogP contribution in [0.3, 0.4) is 0 Å². The minimum atomic E-state index is 0.530. The standard InChI is InChI=1S/C9H16N4S2/c1-3-14-8(10)12-6-5-7-13-9(11)15-4-2/h3-4H,1-2,5-7H2,(H2,10,12)(H2,11,13). The second kappa shape index (κ2) is 9.67. The maximum Gasteiger partial charge on any atom is 0.158 e. The van der Waals surface area contributed by atoms with E-state index in [2.05, 4.69) is 23.1 Å². The molecule has 0 saturated carbocycles. The van der Waals surface area contributed by atoms with Crippen molar-refractivity contribution in [2.75, 3.05) is 13.1 Å². The van der Waals surface area contributed by atoms with Crippen molar-refractivity contribution >= 4 is 33.9 Å². The molecular weight excluding hydrogens is 228 g/mol. The molecule has 0 unspecified atom stereocenters. The minimum absolute atomic E-state index is 0.530. The van der Waals surface area contributed by atoms with Crippen LogP contribution < -0.4 is 11.5 Å². The van der Waals surface area contributed by atoms with Crippen molar-refractivity contribution in [3.63, 3.8) is 0 Å². The highest BCUT2D eigenvalue weighted by Gasteiger charge is 1.90. The van der Waals surface area contributed by atoms with Gasteiger partial charge in [0.2, 0.25) is 0 Å². The van der Waals surface area contributed by atoms with Gasteiger partial charge in [-0.3, -0.25) is 9.98 Å². The molecule has 0 aromatic heterocycles. The van der Waals surface area contributed by atoms with Gasteiger partial charge < -0.3 is 11.5 Å². The predicted octanol–water partition coefficient (Wildman–Crippen LogP) is 1.76. The van der Waals surface area contributed by atoms with Crippen molar-refractivity contribution in [3.8, 4) is 0 Å². The van der Waals surface area contributed by atoms with Crippen molar-refractivity contribution in [1.29, 1.82) is 0 Å². The molecule has 0 aromatic rings. The smallest absolute Gasteiger partial charge is 0.158 e. The number of amidine groups is 2. The lowest BCUT2D eigenvalue weighted by Gasteiger charge is -1.96. The summed E-state index contributed by atoms with van der Waals surface area (Å²) < 4.78 is 0.